The molecular formula is C17H18N2O5. The van der Waals surface area contributed by atoms with Crippen molar-refractivity contribution in [2.45, 2.75) is 25.4 Å². The Labute approximate surface area is 138 Å². The summed E-state index contributed by atoms with van der Waals surface area (Å²) in [6.07, 6.45) is 0.283. The number of benzene rings is 1. The third-order valence-electron chi connectivity index (χ3n) is 4.04. The molecule has 0 unspecified atom stereocenters. The number of amides is 3. The molecule has 2 aromatic rings. The highest BCUT2D eigenvalue weighted by atomic mass is 16.4. The van der Waals surface area contributed by atoms with Crippen molar-refractivity contribution < 1.29 is 23.9 Å². The molecule has 0 aliphatic carbocycles. The molecule has 3 rings (SSSR count). The minimum atomic E-state index is -1.41. The van der Waals surface area contributed by atoms with Crippen molar-refractivity contribution in [3.8, 4) is 0 Å². The van der Waals surface area contributed by atoms with Gasteiger partial charge < -0.3 is 14.8 Å². The summed E-state index contributed by atoms with van der Waals surface area (Å²) in [6.45, 7) is 1.10. The molecule has 1 aliphatic heterocycles. The average molecular weight is 330 g/mol. The van der Waals surface area contributed by atoms with Crippen molar-refractivity contribution in [2.24, 2.45) is 0 Å². The molecule has 1 aromatic heterocycles. The number of aliphatic hydroxyl groups is 1. The van der Waals surface area contributed by atoms with Gasteiger partial charge in [-0.25, -0.2) is 0 Å². The number of para-hydroxylation sites is 1. The van der Waals surface area contributed by atoms with E-state index < -0.39 is 11.5 Å². The van der Waals surface area contributed by atoms with Gasteiger partial charge in [-0.15, -0.1) is 0 Å². The van der Waals surface area contributed by atoms with Crippen LogP contribution in [0.1, 0.15) is 25.5 Å². The van der Waals surface area contributed by atoms with Crippen molar-refractivity contribution in [3.05, 3.63) is 36.1 Å². The number of rotatable bonds is 5. The smallest absolute Gasteiger partial charge is 0.240 e. The van der Waals surface area contributed by atoms with E-state index in [1.54, 1.807) is 12.1 Å². The number of fused-ring (bicyclic) bond motifs is 1. The Morgan fingerprint density at radius 1 is 1.29 bits per heavy atom. The fraction of sp³-hybridized carbons (Fsp3) is 0.353. The van der Waals surface area contributed by atoms with E-state index in [4.69, 9.17) is 4.42 Å². The van der Waals surface area contributed by atoms with Gasteiger partial charge >= 0.3 is 0 Å². The Morgan fingerprint density at radius 3 is 2.62 bits per heavy atom. The molecule has 24 heavy (non-hydrogen) atoms. The number of furan rings is 1. The zero-order valence-corrected chi connectivity index (χ0v) is 13.2. The lowest BCUT2D eigenvalue weighted by molar-refractivity contribution is -0.142. The quantitative estimate of drug-likeness (QED) is 0.794. The Morgan fingerprint density at radius 2 is 1.96 bits per heavy atom. The molecule has 2 heterocycles. The van der Waals surface area contributed by atoms with Gasteiger partial charge in [0.15, 0.2) is 0 Å². The molecule has 2 N–H and O–H groups in total. The number of imide groups is 1. The lowest BCUT2D eigenvalue weighted by atomic mass is 10.0. The van der Waals surface area contributed by atoms with Gasteiger partial charge in [0.2, 0.25) is 17.7 Å². The largest absolute Gasteiger partial charge is 0.458 e. The number of likely N-dealkylation sites (tertiary alicyclic amines) is 1. The monoisotopic (exact) mass is 330 g/mol. The second-order valence-electron chi connectivity index (χ2n) is 6.07. The van der Waals surface area contributed by atoms with E-state index >= 15 is 0 Å². The highest BCUT2D eigenvalue weighted by Crippen LogP contribution is 2.27. The highest BCUT2D eigenvalue weighted by molar-refractivity contribution is 6.04. The van der Waals surface area contributed by atoms with E-state index in [1.807, 2.05) is 18.2 Å². The van der Waals surface area contributed by atoms with Crippen molar-refractivity contribution in [1.29, 1.82) is 0 Å². The molecule has 0 spiro atoms. The van der Waals surface area contributed by atoms with E-state index in [0.717, 1.165) is 10.3 Å². The van der Waals surface area contributed by atoms with Crippen LogP contribution in [0.2, 0.25) is 0 Å². The van der Waals surface area contributed by atoms with Gasteiger partial charge in [0.1, 0.15) is 23.5 Å². The van der Waals surface area contributed by atoms with Crippen LogP contribution >= 0.6 is 0 Å². The van der Waals surface area contributed by atoms with Crippen LogP contribution in [0.3, 0.4) is 0 Å². The number of carbonyl (C=O) groups is 3. The van der Waals surface area contributed by atoms with Gasteiger partial charge in [0.05, 0.1) is 6.54 Å². The molecule has 126 valence electrons. The maximum absolute atomic E-state index is 11.9. The number of carbonyl (C=O) groups excluding carboxylic acids is 3. The zero-order valence-electron chi connectivity index (χ0n) is 13.2. The summed E-state index contributed by atoms with van der Waals surface area (Å²) in [5.74, 6) is -0.870. The predicted molar refractivity (Wildman–Crippen MR) is 84.7 cm³/mol. The molecule has 1 atom stereocenters. The van der Waals surface area contributed by atoms with Crippen LogP contribution in [0.25, 0.3) is 11.0 Å². The van der Waals surface area contributed by atoms with Crippen LogP contribution < -0.4 is 5.32 Å². The first kappa shape index (κ1) is 16.2. The molecule has 1 aromatic carbocycles. The van der Waals surface area contributed by atoms with Crippen LogP contribution in [-0.2, 0) is 20.0 Å². The van der Waals surface area contributed by atoms with Crippen LogP contribution in [0.15, 0.2) is 34.7 Å². The average Bonchev–Trinajstić information content (AvgIpc) is 3.12. The first-order valence-corrected chi connectivity index (χ1v) is 7.68. The standard InChI is InChI=1S/C17H18N2O5/c1-17(23,13-8-11-4-2-3-5-12(11)24-13)10-18-14(20)9-19-15(21)6-7-16(19)22/h2-5,8,23H,6-7,9-10H2,1H3,(H,18,20)/t17-/m0/s1. The van der Waals surface area contributed by atoms with Crippen molar-refractivity contribution >= 4 is 28.7 Å². The molecule has 1 fully saturated rings. The lowest BCUT2D eigenvalue weighted by Gasteiger charge is -2.22. The summed E-state index contributed by atoms with van der Waals surface area (Å²) >= 11 is 0. The zero-order chi connectivity index (χ0) is 17.3. The van der Waals surface area contributed by atoms with Gasteiger partial charge in [0, 0.05) is 18.2 Å². The lowest BCUT2D eigenvalue weighted by Crippen LogP contribution is -2.44. The van der Waals surface area contributed by atoms with E-state index in [-0.39, 0.29) is 37.7 Å². The molecule has 7 heteroatoms. The molecule has 1 aliphatic rings. The van der Waals surface area contributed by atoms with Crippen LogP contribution in [0.4, 0.5) is 0 Å². The van der Waals surface area contributed by atoms with Gasteiger partial charge in [0.25, 0.3) is 0 Å². The summed E-state index contributed by atoms with van der Waals surface area (Å²) < 4.78 is 5.61. The summed E-state index contributed by atoms with van der Waals surface area (Å²) in [7, 11) is 0. The Bertz CT molecular complexity index is 759. The maximum Gasteiger partial charge on any atom is 0.240 e. The fourth-order valence-electron chi connectivity index (χ4n) is 2.60. The third-order valence-corrected chi connectivity index (χ3v) is 4.04. The van der Waals surface area contributed by atoms with E-state index in [9.17, 15) is 19.5 Å². The Hall–Kier alpha value is -2.67. The number of nitrogens with zero attached hydrogens (tertiary/aromatic N) is 1. The summed E-state index contributed by atoms with van der Waals surface area (Å²) in [4.78, 5) is 35.9. The predicted octanol–water partition coefficient (Wildman–Crippen LogP) is 0.905. The maximum atomic E-state index is 11.9. The molecular weight excluding hydrogens is 312 g/mol. The minimum Gasteiger partial charge on any atom is -0.458 e. The van der Waals surface area contributed by atoms with Crippen molar-refractivity contribution in [2.75, 3.05) is 13.1 Å². The van der Waals surface area contributed by atoms with Crippen LogP contribution in [0.5, 0.6) is 0 Å². The number of nitrogens with one attached hydrogen (secondary N) is 1. The highest BCUT2D eigenvalue weighted by Gasteiger charge is 2.32. The molecule has 0 bridgehead atoms. The van der Waals surface area contributed by atoms with Crippen LogP contribution in [-0.4, -0.2) is 40.8 Å². The van der Waals surface area contributed by atoms with Gasteiger partial charge in [-0.1, -0.05) is 18.2 Å². The molecule has 0 radical (unpaired) electrons. The third kappa shape index (κ3) is 3.16. The fourth-order valence-corrected chi connectivity index (χ4v) is 2.60. The molecule has 3 amide bonds. The summed E-state index contributed by atoms with van der Waals surface area (Å²) in [5.41, 5.74) is -0.763. The second kappa shape index (κ2) is 6.09. The molecule has 7 nitrogen and oxygen atoms in total. The minimum absolute atomic E-state index is 0.0954. The molecule has 1 saturated heterocycles. The summed E-state index contributed by atoms with van der Waals surface area (Å²) in [5, 5.41) is 13.9. The number of hydrogen-bond acceptors (Lipinski definition) is 5. The summed E-state index contributed by atoms with van der Waals surface area (Å²) in [6, 6.07) is 9.06. The van der Waals surface area contributed by atoms with Gasteiger partial charge in [-0.05, 0) is 19.1 Å². The van der Waals surface area contributed by atoms with Crippen molar-refractivity contribution in [1.82, 2.24) is 10.2 Å². The topological polar surface area (TPSA) is 99.9 Å². The van der Waals surface area contributed by atoms with E-state index in [2.05, 4.69) is 5.32 Å². The first-order chi connectivity index (χ1) is 11.4. The Balaban J connectivity index is 1.63. The molecule has 0 saturated carbocycles. The SMILES string of the molecule is C[C@](O)(CNC(=O)CN1C(=O)CCC1=O)c1cc2ccccc2o1. The van der Waals surface area contributed by atoms with Crippen molar-refractivity contribution in [3.63, 3.8) is 0 Å². The van der Waals surface area contributed by atoms with E-state index in [1.165, 1.54) is 6.92 Å². The Kier molecular flexibility index (Phi) is 4.11. The van der Waals surface area contributed by atoms with Gasteiger partial charge in [-0.3, -0.25) is 19.3 Å². The van der Waals surface area contributed by atoms with E-state index in [0.29, 0.717) is 11.3 Å². The number of hydrogen-bond donors (Lipinski definition) is 2. The van der Waals surface area contributed by atoms with Gasteiger partial charge in [-0.2, -0.15) is 0 Å². The second-order valence-corrected chi connectivity index (χ2v) is 6.07. The van der Waals surface area contributed by atoms with Crippen LogP contribution in [0, 0.1) is 0 Å². The normalized spacial score (nSPS) is 17.3. The first-order valence-electron chi connectivity index (χ1n) is 7.68.